The van der Waals surface area contributed by atoms with E-state index in [0.717, 1.165) is 10.6 Å². The van der Waals surface area contributed by atoms with Gasteiger partial charge in [-0.2, -0.15) is 5.10 Å². The summed E-state index contributed by atoms with van der Waals surface area (Å²) in [4.78, 5) is 12.4. The summed E-state index contributed by atoms with van der Waals surface area (Å²) in [5, 5.41) is 4.27. The molecule has 1 N–H and O–H groups in total. The lowest BCUT2D eigenvalue weighted by molar-refractivity contribution is -0.119. The third-order valence-corrected chi connectivity index (χ3v) is 5.70. The number of halogens is 1. The second-order valence-corrected chi connectivity index (χ2v) is 8.70. The molecule has 0 radical (unpaired) electrons. The highest BCUT2D eigenvalue weighted by molar-refractivity contribution is 7.92. The third kappa shape index (κ3) is 6.25. The number of carbonyl (C=O) groups excluding carboxylic acids is 1. The number of sulfonamides is 1. The van der Waals surface area contributed by atoms with Crippen molar-refractivity contribution in [2.45, 2.75) is 6.92 Å². The lowest BCUT2D eigenvalue weighted by Crippen LogP contribution is -2.39. The van der Waals surface area contributed by atoms with Crippen molar-refractivity contribution in [2.24, 2.45) is 5.10 Å². The van der Waals surface area contributed by atoms with E-state index < -0.39 is 22.5 Å². The van der Waals surface area contributed by atoms with Crippen LogP contribution in [0.1, 0.15) is 12.5 Å². The zero-order chi connectivity index (χ0) is 23.2. The summed E-state index contributed by atoms with van der Waals surface area (Å²) < 4.78 is 40.9. The van der Waals surface area contributed by atoms with Crippen molar-refractivity contribution < 1.29 is 27.4 Å². The molecule has 0 saturated heterocycles. The van der Waals surface area contributed by atoms with Crippen molar-refractivity contribution in [3.8, 4) is 17.2 Å². The Labute approximate surface area is 186 Å². The molecule has 0 saturated carbocycles. The number of nitrogens with zero attached hydrogens (tertiary/aromatic N) is 2. The minimum atomic E-state index is -3.76. The molecule has 0 heterocycles. The molecule has 0 spiro atoms. The smallest absolute Gasteiger partial charge is 0.260 e. The summed E-state index contributed by atoms with van der Waals surface area (Å²) in [7, 11) is 0.728. The molecule has 0 unspecified atom stereocenters. The van der Waals surface area contributed by atoms with Crippen molar-refractivity contribution >= 4 is 38.9 Å². The Kier molecular flexibility index (Phi) is 8.12. The summed E-state index contributed by atoms with van der Waals surface area (Å²) in [6.45, 7) is 1.21. The molecule has 1 amide bonds. The molecule has 0 aromatic heterocycles. The van der Waals surface area contributed by atoms with Crippen LogP contribution in [0, 0.1) is 0 Å². The largest absolute Gasteiger partial charge is 0.495 e. The molecule has 0 aliphatic rings. The molecule has 2 aromatic rings. The number of hydrogen-bond acceptors (Lipinski definition) is 7. The quantitative estimate of drug-likeness (QED) is 0.447. The van der Waals surface area contributed by atoms with Gasteiger partial charge in [-0.3, -0.25) is 9.10 Å². The first kappa shape index (κ1) is 24.3. The van der Waals surface area contributed by atoms with Crippen LogP contribution in [0.4, 0.5) is 5.69 Å². The minimum absolute atomic E-state index is 0.219. The average Bonchev–Trinajstić information content (AvgIpc) is 2.74. The molecule has 2 rings (SSSR count). The molecular weight excluding hydrogens is 446 g/mol. The van der Waals surface area contributed by atoms with Crippen molar-refractivity contribution in [1.82, 2.24) is 5.43 Å². The maximum atomic E-state index is 12.4. The zero-order valence-corrected chi connectivity index (χ0v) is 19.4. The zero-order valence-electron chi connectivity index (χ0n) is 17.8. The van der Waals surface area contributed by atoms with Crippen molar-refractivity contribution in [3.63, 3.8) is 0 Å². The lowest BCUT2D eigenvalue weighted by atomic mass is 10.1. The van der Waals surface area contributed by atoms with Gasteiger partial charge < -0.3 is 14.2 Å². The molecule has 11 heteroatoms. The highest BCUT2D eigenvalue weighted by Crippen LogP contribution is 2.30. The molecule has 0 bridgehead atoms. The van der Waals surface area contributed by atoms with Gasteiger partial charge in [0.15, 0.2) is 11.5 Å². The van der Waals surface area contributed by atoms with Gasteiger partial charge in [-0.1, -0.05) is 11.6 Å². The van der Waals surface area contributed by atoms with Crippen LogP contribution in [0.5, 0.6) is 17.2 Å². The number of nitrogens with one attached hydrogen (secondary N) is 1. The summed E-state index contributed by atoms with van der Waals surface area (Å²) in [5.74, 6) is 0.834. The van der Waals surface area contributed by atoms with Gasteiger partial charge in [-0.25, -0.2) is 13.8 Å². The SMILES string of the molecule is COc1ccc(N(CC(=O)N/N=C(/C)c2ccc(OC)c(OC)c2)S(C)(=O)=O)cc1Cl. The highest BCUT2D eigenvalue weighted by atomic mass is 35.5. The number of hydrazone groups is 1. The van der Waals surface area contributed by atoms with Crippen LogP contribution < -0.4 is 23.9 Å². The first-order valence-corrected chi connectivity index (χ1v) is 11.2. The maximum absolute atomic E-state index is 12.4. The van der Waals surface area contributed by atoms with Crippen molar-refractivity contribution in [1.29, 1.82) is 0 Å². The van der Waals surface area contributed by atoms with Gasteiger partial charge >= 0.3 is 0 Å². The van der Waals surface area contributed by atoms with E-state index in [9.17, 15) is 13.2 Å². The predicted molar refractivity (Wildman–Crippen MR) is 120 cm³/mol. The highest BCUT2D eigenvalue weighted by Gasteiger charge is 2.22. The Morgan fingerprint density at radius 3 is 2.19 bits per heavy atom. The van der Waals surface area contributed by atoms with E-state index in [4.69, 9.17) is 25.8 Å². The second kappa shape index (κ2) is 10.4. The standard InChI is InChI=1S/C20H24ClN3O6S/c1-13(14-6-8-18(29-3)19(10-14)30-4)22-23-20(25)12-24(31(5,26)27)15-7-9-17(28-2)16(21)11-15/h6-11H,12H2,1-5H3,(H,23,25)/b22-13-. The second-order valence-electron chi connectivity index (χ2n) is 6.39. The third-order valence-electron chi connectivity index (χ3n) is 4.26. The predicted octanol–water partition coefficient (Wildman–Crippen LogP) is 2.67. The molecular formula is C20H24ClN3O6S. The van der Waals surface area contributed by atoms with E-state index in [1.54, 1.807) is 25.1 Å². The fourth-order valence-corrected chi connectivity index (χ4v) is 3.75. The minimum Gasteiger partial charge on any atom is -0.495 e. The lowest BCUT2D eigenvalue weighted by Gasteiger charge is -2.22. The fraction of sp³-hybridized carbons (Fsp3) is 0.300. The fourth-order valence-electron chi connectivity index (χ4n) is 2.65. The van der Waals surface area contributed by atoms with E-state index in [2.05, 4.69) is 10.5 Å². The first-order valence-electron chi connectivity index (χ1n) is 8.97. The topological polar surface area (TPSA) is 107 Å². The number of ether oxygens (including phenoxy) is 3. The van der Waals surface area contributed by atoms with Gasteiger partial charge in [0.2, 0.25) is 10.0 Å². The molecule has 2 aromatic carbocycles. The van der Waals surface area contributed by atoms with Crippen LogP contribution in [-0.2, 0) is 14.8 Å². The van der Waals surface area contributed by atoms with Crippen LogP contribution >= 0.6 is 11.6 Å². The van der Waals surface area contributed by atoms with Gasteiger partial charge in [0.1, 0.15) is 12.3 Å². The molecule has 9 nitrogen and oxygen atoms in total. The molecule has 168 valence electrons. The number of anilines is 1. The van der Waals surface area contributed by atoms with Crippen molar-refractivity contribution in [2.75, 3.05) is 38.4 Å². The molecule has 0 aliphatic carbocycles. The van der Waals surface area contributed by atoms with Crippen LogP contribution in [0.25, 0.3) is 0 Å². The van der Waals surface area contributed by atoms with E-state index in [-0.39, 0.29) is 10.7 Å². The van der Waals surface area contributed by atoms with E-state index in [0.29, 0.717) is 28.5 Å². The normalized spacial score (nSPS) is 11.6. The number of benzene rings is 2. The first-order chi connectivity index (χ1) is 14.6. The number of carbonyl (C=O) groups is 1. The summed E-state index contributed by atoms with van der Waals surface area (Å²) in [5.41, 5.74) is 3.78. The van der Waals surface area contributed by atoms with Crippen LogP contribution in [0.3, 0.4) is 0 Å². The van der Waals surface area contributed by atoms with E-state index >= 15 is 0 Å². The Morgan fingerprint density at radius 1 is 1.03 bits per heavy atom. The number of amides is 1. The Morgan fingerprint density at radius 2 is 1.65 bits per heavy atom. The molecule has 31 heavy (non-hydrogen) atoms. The average molecular weight is 470 g/mol. The summed E-state index contributed by atoms with van der Waals surface area (Å²) in [6.07, 6.45) is 0.997. The monoisotopic (exact) mass is 469 g/mol. The molecule has 0 aliphatic heterocycles. The van der Waals surface area contributed by atoms with Crippen LogP contribution in [0.15, 0.2) is 41.5 Å². The maximum Gasteiger partial charge on any atom is 0.260 e. The Balaban J connectivity index is 2.19. The van der Waals surface area contributed by atoms with E-state index in [1.807, 2.05) is 0 Å². The van der Waals surface area contributed by atoms with Crippen molar-refractivity contribution in [3.05, 3.63) is 47.0 Å². The van der Waals surface area contributed by atoms with Gasteiger partial charge in [0.05, 0.1) is 44.0 Å². The van der Waals surface area contributed by atoms with Gasteiger partial charge in [0.25, 0.3) is 5.91 Å². The van der Waals surface area contributed by atoms with Crippen LogP contribution in [0.2, 0.25) is 5.02 Å². The Bertz CT molecular complexity index is 1090. The number of hydrogen-bond donors (Lipinski definition) is 1. The van der Waals surface area contributed by atoms with E-state index in [1.165, 1.54) is 39.5 Å². The summed E-state index contributed by atoms with van der Waals surface area (Å²) in [6, 6.07) is 9.62. The molecule has 0 fully saturated rings. The van der Waals surface area contributed by atoms with Gasteiger partial charge in [-0.15, -0.1) is 0 Å². The molecule has 0 atom stereocenters. The van der Waals surface area contributed by atoms with Gasteiger partial charge in [-0.05, 0) is 43.3 Å². The Hall–Kier alpha value is -2.98. The summed E-state index contributed by atoms with van der Waals surface area (Å²) >= 11 is 6.09. The number of rotatable bonds is 9. The number of methoxy groups -OCH3 is 3. The van der Waals surface area contributed by atoms with Gasteiger partial charge in [0, 0.05) is 5.56 Å². The van der Waals surface area contributed by atoms with Crippen LogP contribution in [-0.4, -0.2) is 54.2 Å².